The monoisotopic (exact) mass is 542 g/mol. The van der Waals surface area contributed by atoms with Crippen molar-refractivity contribution < 1.29 is 19.1 Å². The topological polar surface area (TPSA) is 119 Å². The van der Waals surface area contributed by atoms with Crippen molar-refractivity contribution in [2.24, 2.45) is 0 Å². The molecule has 2 heterocycles. The normalized spacial score (nSPS) is 10.9. The van der Waals surface area contributed by atoms with Gasteiger partial charge in [0, 0.05) is 35.4 Å². The first-order chi connectivity index (χ1) is 18.8. The van der Waals surface area contributed by atoms with Gasteiger partial charge >= 0.3 is 6.03 Å². The molecule has 2 N–H and O–H groups in total. The summed E-state index contributed by atoms with van der Waals surface area (Å²) in [6.45, 7) is 3.80. The van der Waals surface area contributed by atoms with Crippen LogP contribution in [0.4, 0.5) is 22.0 Å². The summed E-state index contributed by atoms with van der Waals surface area (Å²) in [6, 6.07) is 13.8. The second-order valence-corrected chi connectivity index (χ2v) is 10.0. The summed E-state index contributed by atoms with van der Waals surface area (Å²) in [7, 11) is 4.69. The maximum atomic E-state index is 13.3. The zero-order valence-corrected chi connectivity index (χ0v) is 22.8. The minimum Gasteiger partial charge on any atom is -0.493 e. The Morgan fingerprint density at radius 3 is 2.44 bits per heavy atom. The molecule has 0 aliphatic rings. The first-order valence-electron chi connectivity index (χ1n) is 12.0. The SMILES string of the molecule is COc1cc2ncnc(N(C)C(=O)Nc3cc(C(=O)Nc4ccc5sc(C)nc5c4)ccc3C)c2cc1OC. The number of hydrogen-bond acceptors (Lipinski definition) is 8. The van der Waals surface area contributed by atoms with E-state index in [1.807, 2.05) is 32.0 Å². The number of anilines is 3. The highest BCUT2D eigenvalue weighted by Crippen LogP contribution is 2.34. The summed E-state index contributed by atoms with van der Waals surface area (Å²) < 4.78 is 11.8. The van der Waals surface area contributed by atoms with Crippen LogP contribution < -0.4 is 25.0 Å². The number of benzene rings is 3. The van der Waals surface area contributed by atoms with Gasteiger partial charge in [-0.2, -0.15) is 0 Å². The highest BCUT2D eigenvalue weighted by molar-refractivity contribution is 7.18. The Bertz CT molecular complexity index is 1730. The Labute approximate surface area is 228 Å². The van der Waals surface area contributed by atoms with Crippen LogP contribution in [0, 0.1) is 13.8 Å². The number of ether oxygens (including phenoxy) is 2. The number of nitrogens with one attached hydrogen (secondary N) is 2. The number of hydrogen-bond donors (Lipinski definition) is 2. The molecular weight excluding hydrogens is 516 g/mol. The first-order valence-corrected chi connectivity index (χ1v) is 12.8. The largest absolute Gasteiger partial charge is 0.493 e. The van der Waals surface area contributed by atoms with Crippen LogP contribution in [0.15, 0.2) is 54.9 Å². The average Bonchev–Trinajstić information content (AvgIpc) is 3.31. The van der Waals surface area contributed by atoms with E-state index in [9.17, 15) is 9.59 Å². The lowest BCUT2D eigenvalue weighted by Crippen LogP contribution is -2.32. The van der Waals surface area contributed by atoms with E-state index in [1.54, 1.807) is 55.8 Å². The molecule has 0 radical (unpaired) electrons. The zero-order valence-electron chi connectivity index (χ0n) is 22.0. The number of aromatic nitrogens is 3. The number of amides is 3. The molecule has 39 heavy (non-hydrogen) atoms. The molecule has 0 spiro atoms. The van der Waals surface area contributed by atoms with Crippen molar-refractivity contribution in [1.29, 1.82) is 0 Å². The fourth-order valence-corrected chi connectivity index (χ4v) is 4.96. The highest BCUT2D eigenvalue weighted by atomic mass is 32.1. The number of rotatable bonds is 6. The molecule has 0 saturated carbocycles. The van der Waals surface area contributed by atoms with Crippen LogP contribution >= 0.6 is 11.3 Å². The molecule has 5 aromatic rings. The third kappa shape index (κ3) is 5.16. The molecule has 0 bridgehead atoms. The van der Waals surface area contributed by atoms with Crippen molar-refractivity contribution in [3.8, 4) is 11.5 Å². The van der Waals surface area contributed by atoms with Crippen molar-refractivity contribution in [3.63, 3.8) is 0 Å². The van der Waals surface area contributed by atoms with Crippen molar-refractivity contribution in [1.82, 2.24) is 15.0 Å². The lowest BCUT2D eigenvalue weighted by molar-refractivity contribution is 0.102. The molecule has 3 amide bonds. The van der Waals surface area contributed by atoms with Crippen molar-refractivity contribution in [3.05, 3.63) is 71.0 Å². The van der Waals surface area contributed by atoms with E-state index >= 15 is 0 Å². The molecule has 0 saturated heterocycles. The van der Waals surface area contributed by atoms with E-state index in [1.165, 1.54) is 18.3 Å². The van der Waals surface area contributed by atoms with Gasteiger partial charge in [-0.25, -0.2) is 19.7 Å². The fourth-order valence-electron chi connectivity index (χ4n) is 4.15. The number of methoxy groups -OCH3 is 2. The van der Waals surface area contributed by atoms with Gasteiger partial charge in [0.25, 0.3) is 5.91 Å². The molecule has 10 nitrogen and oxygen atoms in total. The number of carbonyl (C=O) groups excluding carboxylic acids is 2. The standard InChI is InChI=1S/C28H26N6O4S/c1-15-6-7-17(27(35)32-18-8-9-25-22(11-18)31-16(2)39-25)10-20(15)33-28(36)34(3)26-19-12-23(37-4)24(38-5)13-21(19)29-14-30-26/h6-14H,1-5H3,(H,32,35)(H,33,36). The van der Waals surface area contributed by atoms with Crippen LogP contribution in [0.5, 0.6) is 11.5 Å². The molecule has 0 fully saturated rings. The predicted molar refractivity (Wildman–Crippen MR) is 154 cm³/mol. The number of carbonyl (C=O) groups is 2. The van der Waals surface area contributed by atoms with E-state index in [0.717, 1.165) is 20.8 Å². The summed E-state index contributed by atoms with van der Waals surface area (Å²) in [5.41, 5.74) is 3.78. The summed E-state index contributed by atoms with van der Waals surface area (Å²) in [6.07, 6.45) is 1.38. The number of aryl methyl sites for hydroxylation is 2. The van der Waals surface area contributed by atoms with Gasteiger partial charge in [0.2, 0.25) is 0 Å². The summed E-state index contributed by atoms with van der Waals surface area (Å²) in [5, 5.41) is 7.38. The fraction of sp³-hybridized carbons (Fsp3) is 0.179. The maximum Gasteiger partial charge on any atom is 0.327 e. The van der Waals surface area contributed by atoms with Gasteiger partial charge < -0.3 is 20.1 Å². The molecule has 0 unspecified atom stereocenters. The van der Waals surface area contributed by atoms with E-state index < -0.39 is 6.03 Å². The van der Waals surface area contributed by atoms with Gasteiger partial charge in [-0.3, -0.25) is 9.69 Å². The van der Waals surface area contributed by atoms with Gasteiger partial charge in [-0.05, 0) is 55.8 Å². The molecule has 5 rings (SSSR count). The minimum absolute atomic E-state index is 0.298. The summed E-state index contributed by atoms with van der Waals surface area (Å²) in [4.78, 5) is 40.8. The Morgan fingerprint density at radius 1 is 0.897 bits per heavy atom. The minimum atomic E-state index is -0.435. The number of thiazole rings is 1. The average molecular weight is 543 g/mol. The van der Waals surface area contributed by atoms with Crippen molar-refractivity contribution in [2.75, 3.05) is 36.8 Å². The van der Waals surface area contributed by atoms with E-state index in [4.69, 9.17) is 9.47 Å². The van der Waals surface area contributed by atoms with Gasteiger partial charge in [-0.15, -0.1) is 11.3 Å². The van der Waals surface area contributed by atoms with Gasteiger partial charge in [0.15, 0.2) is 11.5 Å². The number of nitrogens with zero attached hydrogens (tertiary/aromatic N) is 4. The molecule has 0 aliphatic heterocycles. The van der Waals surface area contributed by atoms with Crippen LogP contribution in [0.2, 0.25) is 0 Å². The molecule has 0 aliphatic carbocycles. The predicted octanol–water partition coefficient (Wildman–Crippen LogP) is 5.79. The maximum absolute atomic E-state index is 13.3. The lowest BCUT2D eigenvalue weighted by Gasteiger charge is -2.20. The van der Waals surface area contributed by atoms with Crippen LogP contribution in [0.25, 0.3) is 21.1 Å². The van der Waals surface area contributed by atoms with Crippen molar-refractivity contribution >= 4 is 61.6 Å². The van der Waals surface area contributed by atoms with Gasteiger partial charge in [0.05, 0.1) is 35.0 Å². The van der Waals surface area contributed by atoms with E-state index in [-0.39, 0.29) is 5.91 Å². The number of fused-ring (bicyclic) bond motifs is 2. The van der Waals surface area contributed by atoms with Crippen LogP contribution in [-0.4, -0.2) is 48.2 Å². The Kier molecular flexibility index (Phi) is 6.99. The van der Waals surface area contributed by atoms with Gasteiger partial charge in [-0.1, -0.05) is 6.07 Å². The molecule has 198 valence electrons. The Hall–Kier alpha value is -4.77. The third-order valence-corrected chi connectivity index (χ3v) is 7.19. The summed E-state index contributed by atoms with van der Waals surface area (Å²) in [5.74, 6) is 1.10. The van der Waals surface area contributed by atoms with Crippen molar-refractivity contribution in [2.45, 2.75) is 13.8 Å². The Morgan fingerprint density at radius 2 is 1.67 bits per heavy atom. The molecule has 0 atom stereocenters. The zero-order chi connectivity index (χ0) is 27.7. The van der Waals surface area contributed by atoms with Crippen LogP contribution in [0.1, 0.15) is 20.9 Å². The quantitative estimate of drug-likeness (QED) is 0.279. The second kappa shape index (κ2) is 10.5. The smallest absolute Gasteiger partial charge is 0.327 e. The first kappa shape index (κ1) is 25.9. The second-order valence-electron chi connectivity index (χ2n) is 8.81. The van der Waals surface area contributed by atoms with E-state index in [0.29, 0.717) is 45.2 Å². The highest BCUT2D eigenvalue weighted by Gasteiger charge is 2.19. The van der Waals surface area contributed by atoms with Crippen LogP contribution in [-0.2, 0) is 0 Å². The summed E-state index contributed by atoms with van der Waals surface area (Å²) >= 11 is 1.60. The third-order valence-electron chi connectivity index (χ3n) is 6.24. The molecule has 3 aromatic carbocycles. The molecular formula is C28H26N6O4S. The molecule has 2 aromatic heterocycles. The Balaban J connectivity index is 1.37. The lowest BCUT2D eigenvalue weighted by atomic mass is 10.1. The number of urea groups is 1. The van der Waals surface area contributed by atoms with Crippen LogP contribution in [0.3, 0.4) is 0 Å². The molecule has 11 heteroatoms. The van der Waals surface area contributed by atoms with E-state index in [2.05, 4.69) is 25.6 Å². The van der Waals surface area contributed by atoms with Gasteiger partial charge in [0.1, 0.15) is 12.1 Å².